The second-order valence-electron chi connectivity index (χ2n) is 3.40. The third kappa shape index (κ3) is 5.57. The van der Waals surface area contributed by atoms with Crippen LogP contribution in [0.4, 0.5) is 0 Å². The molecule has 0 radical (unpaired) electrons. The molecule has 0 aliphatic carbocycles. The molecule has 0 aliphatic rings. The first-order chi connectivity index (χ1) is 6.04. The van der Waals surface area contributed by atoms with Crippen molar-refractivity contribution in [3.63, 3.8) is 0 Å². The molecule has 0 spiro atoms. The fourth-order valence-electron chi connectivity index (χ4n) is 0.640. The first-order valence-electron chi connectivity index (χ1n) is 4.28. The number of aliphatic hydroxyl groups is 1. The zero-order valence-corrected chi connectivity index (χ0v) is 8.17. The van der Waals surface area contributed by atoms with E-state index >= 15 is 0 Å². The van der Waals surface area contributed by atoms with Crippen LogP contribution in [0.1, 0.15) is 20.3 Å². The van der Waals surface area contributed by atoms with Crippen LogP contribution in [0.5, 0.6) is 0 Å². The summed E-state index contributed by atoms with van der Waals surface area (Å²) in [6.07, 6.45) is 0.830. The van der Waals surface area contributed by atoms with Crippen molar-refractivity contribution in [3.8, 4) is 0 Å². The maximum Gasteiger partial charge on any atom is 0.245 e. The molecule has 0 aliphatic heterocycles. The number of amides is 1. The van der Waals surface area contributed by atoms with Gasteiger partial charge in [-0.05, 0) is 6.42 Å². The zero-order chi connectivity index (χ0) is 10.3. The number of carbonyl (C=O) groups excluding carboxylic acids is 1. The van der Waals surface area contributed by atoms with Crippen LogP contribution < -0.4 is 11.2 Å². The molecule has 4 N–H and O–H groups in total. The van der Waals surface area contributed by atoms with E-state index in [-0.39, 0.29) is 18.6 Å². The van der Waals surface area contributed by atoms with Crippen LogP contribution in [0, 0.1) is 5.41 Å². The van der Waals surface area contributed by atoms with Crippen molar-refractivity contribution in [1.29, 1.82) is 0 Å². The molecule has 0 saturated heterocycles. The van der Waals surface area contributed by atoms with Gasteiger partial charge in [0.2, 0.25) is 5.91 Å². The summed E-state index contributed by atoms with van der Waals surface area (Å²) in [6.45, 7) is 4.33. The number of hydrogen-bond acceptors (Lipinski definition) is 4. The predicted molar refractivity (Wildman–Crippen MR) is 48.6 cm³/mol. The van der Waals surface area contributed by atoms with Crippen molar-refractivity contribution in [2.24, 2.45) is 11.1 Å². The maximum absolute atomic E-state index is 10.3. The summed E-state index contributed by atoms with van der Waals surface area (Å²) in [6, 6.07) is 0. The first kappa shape index (κ1) is 12.3. The van der Waals surface area contributed by atoms with Gasteiger partial charge in [-0.2, -0.15) is 0 Å². The van der Waals surface area contributed by atoms with E-state index < -0.39 is 5.91 Å². The number of primary amides is 1. The van der Waals surface area contributed by atoms with Gasteiger partial charge in [0.05, 0.1) is 0 Å². The first-order valence-corrected chi connectivity index (χ1v) is 4.28. The minimum atomic E-state index is -0.519. The van der Waals surface area contributed by atoms with E-state index in [9.17, 15) is 4.79 Å². The molecular formula is C8H18N2O3. The lowest BCUT2D eigenvalue weighted by Crippen LogP contribution is -2.36. The van der Waals surface area contributed by atoms with Crippen LogP contribution >= 0.6 is 0 Å². The molecule has 0 bridgehead atoms. The molecule has 1 amide bonds. The van der Waals surface area contributed by atoms with Crippen LogP contribution in [0.25, 0.3) is 0 Å². The largest absolute Gasteiger partial charge is 0.396 e. The Morgan fingerprint density at radius 2 is 2.31 bits per heavy atom. The Morgan fingerprint density at radius 3 is 2.69 bits per heavy atom. The van der Waals surface area contributed by atoms with Crippen molar-refractivity contribution >= 4 is 5.91 Å². The van der Waals surface area contributed by atoms with E-state index in [0.717, 1.165) is 6.42 Å². The molecule has 0 aromatic rings. The van der Waals surface area contributed by atoms with Crippen molar-refractivity contribution < 1.29 is 14.7 Å². The number of hydrogen-bond donors (Lipinski definition) is 3. The van der Waals surface area contributed by atoms with E-state index in [1.807, 2.05) is 13.8 Å². The highest BCUT2D eigenvalue weighted by molar-refractivity contribution is 5.74. The lowest BCUT2D eigenvalue weighted by atomic mass is 9.89. The van der Waals surface area contributed by atoms with Gasteiger partial charge in [0.15, 0.2) is 0 Å². The van der Waals surface area contributed by atoms with Gasteiger partial charge in [0.1, 0.15) is 6.61 Å². The summed E-state index contributed by atoms with van der Waals surface area (Å²) in [5.41, 5.74) is 7.24. The molecule has 5 nitrogen and oxygen atoms in total. The van der Waals surface area contributed by atoms with Gasteiger partial charge >= 0.3 is 0 Å². The number of aliphatic hydroxyl groups excluding tert-OH is 1. The topological polar surface area (TPSA) is 84.6 Å². The van der Waals surface area contributed by atoms with Gasteiger partial charge in [-0.3, -0.25) is 9.63 Å². The fourth-order valence-corrected chi connectivity index (χ4v) is 0.640. The number of hydroxylamine groups is 1. The van der Waals surface area contributed by atoms with Crippen LogP contribution in [-0.4, -0.2) is 30.8 Å². The quantitative estimate of drug-likeness (QED) is 0.370. The zero-order valence-electron chi connectivity index (χ0n) is 8.17. The van der Waals surface area contributed by atoms with Crippen LogP contribution in [0.15, 0.2) is 0 Å². The minimum Gasteiger partial charge on any atom is -0.396 e. The number of carbonyl (C=O) groups is 1. The second kappa shape index (κ2) is 5.90. The Kier molecular flexibility index (Phi) is 5.61. The van der Waals surface area contributed by atoms with Gasteiger partial charge in [-0.1, -0.05) is 13.8 Å². The highest BCUT2D eigenvalue weighted by atomic mass is 16.6. The Labute approximate surface area is 78.2 Å². The van der Waals surface area contributed by atoms with Crippen molar-refractivity contribution in [2.45, 2.75) is 20.3 Å². The summed E-state index contributed by atoms with van der Waals surface area (Å²) < 4.78 is 0. The molecule has 1 atom stereocenters. The van der Waals surface area contributed by atoms with Crippen LogP contribution in [0.2, 0.25) is 0 Å². The summed E-state index contributed by atoms with van der Waals surface area (Å²) in [7, 11) is 0. The van der Waals surface area contributed by atoms with Gasteiger partial charge in [0, 0.05) is 18.6 Å². The van der Waals surface area contributed by atoms with E-state index in [0.29, 0.717) is 6.54 Å². The number of nitrogens with two attached hydrogens (primary N) is 1. The Balaban J connectivity index is 3.55. The molecule has 78 valence electrons. The predicted octanol–water partition coefficient (Wildman–Crippen LogP) is -0.598. The monoisotopic (exact) mass is 190 g/mol. The third-order valence-electron chi connectivity index (χ3n) is 2.05. The van der Waals surface area contributed by atoms with E-state index in [1.54, 1.807) is 0 Å². The lowest BCUT2D eigenvalue weighted by Gasteiger charge is -2.25. The number of rotatable bonds is 7. The van der Waals surface area contributed by atoms with Gasteiger partial charge in [-0.25, -0.2) is 5.48 Å². The molecule has 0 aromatic heterocycles. The highest BCUT2D eigenvalue weighted by Crippen LogP contribution is 2.17. The van der Waals surface area contributed by atoms with Gasteiger partial charge in [0.25, 0.3) is 0 Å². The smallest absolute Gasteiger partial charge is 0.245 e. The molecule has 0 aromatic carbocycles. The van der Waals surface area contributed by atoms with Crippen molar-refractivity contribution in [1.82, 2.24) is 5.48 Å². The Hall–Kier alpha value is -0.650. The molecule has 13 heavy (non-hydrogen) atoms. The molecule has 0 rings (SSSR count). The second-order valence-corrected chi connectivity index (χ2v) is 3.40. The summed E-state index contributed by atoms with van der Waals surface area (Å²) in [5, 5.41) is 9.01. The van der Waals surface area contributed by atoms with Gasteiger partial charge in [-0.15, -0.1) is 0 Å². The molecule has 0 fully saturated rings. The Morgan fingerprint density at radius 1 is 1.69 bits per heavy atom. The average molecular weight is 190 g/mol. The Bertz CT molecular complexity index is 157. The van der Waals surface area contributed by atoms with E-state index in [2.05, 4.69) is 5.48 Å². The average Bonchev–Trinajstić information content (AvgIpc) is 2.12. The van der Waals surface area contributed by atoms with Crippen LogP contribution in [-0.2, 0) is 9.63 Å². The molecule has 0 heterocycles. The fraction of sp³-hybridized carbons (Fsp3) is 0.875. The number of nitrogens with one attached hydrogen (secondary N) is 1. The summed E-state index contributed by atoms with van der Waals surface area (Å²) in [5.74, 6) is -0.519. The molecule has 0 saturated carbocycles. The minimum absolute atomic E-state index is 0.0798. The van der Waals surface area contributed by atoms with Crippen molar-refractivity contribution in [2.75, 3.05) is 19.8 Å². The third-order valence-corrected chi connectivity index (χ3v) is 2.05. The lowest BCUT2D eigenvalue weighted by molar-refractivity contribution is -0.125. The molecule has 1 unspecified atom stereocenters. The van der Waals surface area contributed by atoms with E-state index in [4.69, 9.17) is 15.7 Å². The van der Waals surface area contributed by atoms with Gasteiger partial charge < -0.3 is 10.8 Å². The van der Waals surface area contributed by atoms with Crippen LogP contribution in [0.3, 0.4) is 0 Å². The standard InChI is InChI=1S/C8H18N2O3/c1-3-8(2,6-11)5-10-13-4-7(9)12/h10-11H,3-6H2,1-2H3,(H2,9,12). The normalized spacial score (nSPS) is 15.3. The highest BCUT2D eigenvalue weighted by Gasteiger charge is 2.20. The van der Waals surface area contributed by atoms with E-state index in [1.165, 1.54) is 0 Å². The van der Waals surface area contributed by atoms with Crippen molar-refractivity contribution in [3.05, 3.63) is 0 Å². The summed E-state index contributed by atoms with van der Waals surface area (Å²) >= 11 is 0. The summed E-state index contributed by atoms with van der Waals surface area (Å²) in [4.78, 5) is 15.0. The maximum atomic E-state index is 10.3. The SMILES string of the molecule is CCC(C)(CO)CNOCC(N)=O. The molecular weight excluding hydrogens is 172 g/mol. The molecule has 5 heteroatoms.